The zero-order valence-electron chi connectivity index (χ0n) is 12.5. The molecule has 0 aliphatic heterocycles. The molecule has 8 nitrogen and oxygen atoms in total. The highest BCUT2D eigenvalue weighted by atomic mass is 35.5. The number of anilines is 1. The molecular formula is C13H21ClN4O4. The minimum Gasteiger partial charge on any atom is -0.393 e. The Morgan fingerprint density at radius 2 is 2.05 bits per heavy atom. The molecule has 9 heteroatoms. The second kappa shape index (κ2) is 9.93. The number of ether oxygens (including phenoxy) is 1. The number of amides is 1. The molecular weight excluding hydrogens is 312 g/mol. The molecule has 1 amide bonds. The molecule has 0 saturated heterocycles. The van der Waals surface area contributed by atoms with Crippen LogP contribution in [0, 0.1) is 17.0 Å². The van der Waals surface area contributed by atoms with E-state index in [2.05, 4.69) is 10.6 Å². The van der Waals surface area contributed by atoms with Crippen LogP contribution in [0.25, 0.3) is 0 Å². The number of rotatable bonds is 8. The fourth-order valence-corrected chi connectivity index (χ4v) is 1.78. The summed E-state index contributed by atoms with van der Waals surface area (Å²) in [5.74, 6) is -0.423. The zero-order valence-corrected chi connectivity index (χ0v) is 13.4. The number of carbonyl (C=O) groups excluding carboxylic acids is 1. The molecule has 0 bridgehead atoms. The van der Waals surface area contributed by atoms with E-state index in [1.165, 1.54) is 12.1 Å². The van der Waals surface area contributed by atoms with Crippen molar-refractivity contribution in [2.45, 2.75) is 6.92 Å². The van der Waals surface area contributed by atoms with Crippen molar-refractivity contribution in [2.24, 2.45) is 0 Å². The summed E-state index contributed by atoms with van der Waals surface area (Å²) >= 11 is 0. The maximum Gasteiger partial charge on any atom is 0.293 e. The second-order valence-corrected chi connectivity index (χ2v) is 4.50. The molecule has 0 fully saturated rings. The average Bonchev–Trinajstić information content (AvgIpc) is 2.44. The van der Waals surface area contributed by atoms with E-state index in [0.29, 0.717) is 31.8 Å². The normalized spacial score (nSPS) is 9.91. The van der Waals surface area contributed by atoms with Crippen LogP contribution in [0.1, 0.15) is 15.9 Å². The van der Waals surface area contributed by atoms with Gasteiger partial charge in [-0.25, -0.2) is 0 Å². The monoisotopic (exact) mass is 332 g/mol. The van der Waals surface area contributed by atoms with Crippen LogP contribution in [-0.4, -0.2) is 44.2 Å². The van der Waals surface area contributed by atoms with Crippen LogP contribution in [0.5, 0.6) is 0 Å². The van der Waals surface area contributed by atoms with Gasteiger partial charge in [0.25, 0.3) is 11.6 Å². The van der Waals surface area contributed by atoms with Crippen LogP contribution >= 0.6 is 12.4 Å². The van der Waals surface area contributed by atoms with Crippen LogP contribution in [-0.2, 0) is 4.74 Å². The van der Waals surface area contributed by atoms with E-state index in [0.717, 1.165) is 0 Å². The summed E-state index contributed by atoms with van der Waals surface area (Å²) < 4.78 is 4.87. The van der Waals surface area contributed by atoms with E-state index in [4.69, 9.17) is 10.5 Å². The average molecular weight is 333 g/mol. The van der Waals surface area contributed by atoms with E-state index in [1.807, 2.05) is 0 Å². The van der Waals surface area contributed by atoms with Crippen LogP contribution in [0.3, 0.4) is 0 Å². The number of carbonyl (C=O) groups is 1. The molecule has 0 aliphatic carbocycles. The summed E-state index contributed by atoms with van der Waals surface area (Å²) in [6, 6.07) is 2.88. The van der Waals surface area contributed by atoms with Gasteiger partial charge in [-0.3, -0.25) is 14.9 Å². The molecule has 22 heavy (non-hydrogen) atoms. The highest BCUT2D eigenvalue weighted by molar-refractivity contribution is 6.01. The van der Waals surface area contributed by atoms with Gasteiger partial charge in [0.2, 0.25) is 0 Å². The number of benzene rings is 1. The fraction of sp³-hybridized carbons (Fsp3) is 0.462. The van der Waals surface area contributed by atoms with Crippen molar-refractivity contribution in [2.75, 3.05) is 39.1 Å². The van der Waals surface area contributed by atoms with Crippen molar-refractivity contribution < 1.29 is 14.5 Å². The zero-order chi connectivity index (χ0) is 15.8. The van der Waals surface area contributed by atoms with Crippen LogP contribution in [0.4, 0.5) is 11.4 Å². The van der Waals surface area contributed by atoms with Gasteiger partial charge in [0, 0.05) is 32.8 Å². The number of nitrogens with one attached hydrogen (secondary N) is 2. The van der Waals surface area contributed by atoms with Gasteiger partial charge in [0.1, 0.15) is 5.69 Å². The Bertz CT molecular complexity index is 525. The predicted octanol–water partition coefficient (Wildman–Crippen LogP) is 0.873. The lowest BCUT2D eigenvalue weighted by Crippen LogP contribution is -2.33. The number of nitrogens with two attached hydrogens (primary N) is 1. The van der Waals surface area contributed by atoms with Gasteiger partial charge in [-0.05, 0) is 18.6 Å². The number of nitrogens with zero attached hydrogens (tertiary/aromatic N) is 1. The summed E-state index contributed by atoms with van der Waals surface area (Å²) in [4.78, 5) is 22.3. The standard InChI is InChI=1S/C13H20N4O4.ClH/c1-9-7-10(12(14)11(8-9)17(19)20)13(18)16-4-3-15-5-6-21-2;/h7-8,15H,3-6,14H2,1-2H3,(H,16,18);1H. The Labute approximate surface area is 135 Å². The van der Waals surface area contributed by atoms with Gasteiger partial charge in [0.15, 0.2) is 0 Å². The summed E-state index contributed by atoms with van der Waals surface area (Å²) in [6.07, 6.45) is 0. The van der Waals surface area contributed by atoms with Gasteiger partial charge in [-0.15, -0.1) is 12.4 Å². The third-order valence-electron chi connectivity index (χ3n) is 2.81. The Morgan fingerprint density at radius 3 is 2.64 bits per heavy atom. The highest BCUT2D eigenvalue weighted by Gasteiger charge is 2.20. The number of methoxy groups -OCH3 is 1. The molecule has 0 saturated carbocycles. The quantitative estimate of drug-likeness (QED) is 0.281. The predicted molar refractivity (Wildman–Crippen MR) is 86.6 cm³/mol. The van der Waals surface area contributed by atoms with Gasteiger partial charge in [-0.1, -0.05) is 0 Å². The first kappa shape index (κ1) is 20.1. The first-order valence-electron chi connectivity index (χ1n) is 6.49. The van der Waals surface area contributed by atoms with Crippen LogP contribution in [0.2, 0.25) is 0 Å². The molecule has 1 aromatic carbocycles. The van der Waals surface area contributed by atoms with Crippen molar-refractivity contribution >= 4 is 29.7 Å². The van der Waals surface area contributed by atoms with Crippen LogP contribution in [0.15, 0.2) is 12.1 Å². The number of nitro benzene ring substituents is 1. The van der Waals surface area contributed by atoms with E-state index in [-0.39, 0.29) is 29.3 Å². The summed E-state index contributed by atoms with van der Waals surface area (Å²) in [5.41, 5.74) is 6.06. The van der Waals surface area contributed by atoms with Crippen molar-refractivity contribution in [3.63, 3.8) is 0 Å². The van der Waals surface area contributed by atoms with Crippen molar-refractivity contribution in [1.82, 2.24) is 10.6 Å². The third kappa shape index (κ3) is 5.84. The van der Waals surface area contributed by atoms with Crippen molar-refractivity contribution in [3.05, 3.63) is 33.4 Å². The molecule has 124 valence electrons. The Kier molecular flexibility index (Phi) is 9.07. The molecule has 0 spiro atoms. The molecule has 1 aromatic rings. The number of hydrogen-bond acceptors (Lipinski definition) is 6. The number of halogens is 1. The maximum atomic E-state index is 12.0. The number of nitro groups is 1. The number of aryl methyl sites for hydroxylation is 1. The van der Waals surface area contributed by atoms with Gasteiger partial charge in [0.05, 0.1) is 17.1 Å². The summed E-state index contributed by atoms with van der Waals surface area (Å²) in [6.45, 7) is 3.91. The van der Waals surface area contributed by atoms with Crippen LogP contribution < -0.4 is 16.4 Å². The van der Waals surface area contributed by atoms with Gasteiger partial charge >= 0.3 is 0 Å². The SMILES string of the molecule is COCCNCCNC(=O)c1cc(C)cc([N+](=O)[O-])c1N.Cl. The largest absolute Gasteiger partial charge is 0.393 e. The van der Waals surface area contributed by atoms with Crippen molar-refractivity contribution in [1.29, 1.82) is 0 Å². The molecule has 4 N–H and O–H groups in total. The number of hydrogen-bond donors (Lipinski definition) is 3. The molecule has 0 unspecified atom stereocenters. The minimum absolute atomic E-state index is 0. The van der Waals surface area contributed by atoms with Gasteiger partial charge < -0.3 is 21.1 Å². The molecule has 0 radical (unpaired) electrons. The summed E-state index contributed by atoms with van der Waals surface area (Å²) in [7, 11) is 1.61. The minimum atomic E-state index is -0.592. The van der Waals surface area contributed by atoms with E-state index in [9.17, 15) is 14.9 Å². The lowest BCUT2D eigenvalue weighted by Gasteiger charge is -2.09. The second-order valence-electron chi connectivity index (χ2n) is 4.50. The Morgan fingerprint density at radius 1 is 1.36 bits per heavy atom. The summed E-state index contributed by atoms with van der Waals surface area (Å²) in [5, 5.41) is 16.6. The highest BCUT2D eigenvalue weighted by Crippen LogP contribution is 2.26. The van der Waals surface area contributed by atoms with E-state index >= 15 is 0 Å². The lowest BCUT2D eigenvalue weighted by atomic mass is 10.1. The first-order chi connectivity index (χ1) is 9.97. The molecule has 0 atom stereocenters. The molecule has 0 aromatic heterocycles. The molecule has 1 rings (SSSR count). The molecule has 0 heterocycles. The van der Waals surface area contributed by atoms with Crippen molar-refractivity contribution in [3.8, 4) is 0 Å². The lowest BCUT2D eigenvalue weighted by molar-refractivity contribution is -0.384. The maximum absolute atomic E-state index is 12.0. The van der Waals surface area contributed by atoms with E-state index in [1.54, 1.807) is 14.0 Å². The number of nitrogen functional groups attached to an aromatic ring is 1. The van der Waals surface area contributed by atoms with E-state index < -0.39 is 10.8 Å². The topological polar surface area (TPSA) is 120 Å². The Balaban J connectivity index is 0.00000441. The fourth-order valence-electron chi connectivity index (χ4n) is 1.78. The third-order valence-corrected chi connectivity index (χ3v) is 2.81. The molecule has 0 aliphatic rings. The Hall–Kier alpha value is -1.90. The smallest absolute Gasteiger partial charge is 0.293 e. The first-order valence-corrected chi connectivity index (χ1v) is 6.49. The van der Waals surface area contributed by atoms with Gasteiger partial charge in [-0.2, -0.15) is 0 Å².